The lowest BCUT2D eigenvalue weighted by atomic mass is 10.0. The van der Waals surface area contributed by atoms with Gasteiger partial charge in [0.1, 0.15) is 21.8 Å². The fourth-order valence-corrected chi connectivity index (χ4v) is 7.02. The molecule has 138 valence electrons. The molecule has 3 aromatic heterocycles. The SMILES string of the molecule is CC1(c2sc(-c3cn4ccsc4n3)cc2Cl)CS(=O)(=O)C(C)(C)C(N)=N1. The highest BCUT2D eigenvalue weighted by molar-refractivity contribution is 7.93. The lowest BCUT2D eigenvalue weighted by molar-refractivity contribution is 0.507. The summed E-state index contributed by atoms with van der Waals surface area (Å²) in [6.07, 6.45) is 3.87. The van der Waals surface area contributed by atoms with Crippen LogP contribution in [0.4, 0.5) is 0 Å². The number of imidazole rings is 1. The van der Waals surface area contributed by atoms with E-state index < -0.39 is 20.1 Å². The van der Waals surface area contributed by atoms with Crippen molar-refractivity contribution in [3.8, 4) is 10.6 Å². The van der Waals surface area contributed by atoms with Crippen LogP contribution < -0.4 is 5.73 Å². The van der Waals surface area contributed by atoms with Gasteiger partial charge in [-0.15, -0.1) is 22.7 Å². The summed E-state index contributed by atoms with van der Waals surface area (Å²) in [4.78, 5) is 11.6. The molecule has 10 heteroatoms. The summed E-state index contributed by atoms with van der Waals surface area (Å²) in [6.45, 7) is 4.93. The molecule has 0 aliphatic carbocycles. The van der Waals surface area contributed by atoms with Gasteiger partial charge in [0, 0.05) is 17.8 Å². The van der Waals surface area contributed by atoms with Gasteiger partial charge in [-0.05, 0) is 26.8 Å². The van der Waals surface area contributed by atoms with Crippen molar-refractivity contribution in [2.75, 3.05) is 5.75 Å². The lowest BCUT2D eigenvalue weighted by Gasteiger charge is -2.37. The van der Waals surface area contributed by atoms with Gasteiger partial charge in [0.05, 0.1) is 20.5 Å². The number of sulfone groups is 1. The second-order valence-electron chi connectivity index (χ2n) is 7.05. The number of nitrogens with zero attached hydrogens (tertiary/aromatic N) is 3. The van der Waals surface area contributed by atoms with Gasteiger partial charge in [0.25, 0.3) is 0 Å². The summed E-state index contributed by atoms with van der Waals surface area (Å²) in [7, 11) is -3.48. The number of rotatable bonds is 2. The fourth-order valence-electron chi connectivity index (χ4n) is 2.97. The summed E-state index contributed by atoms with van der Waals surface area (Å²) in [6, 6.07) is 1.82. The van der Waals surface area contributed by atoms with Crippen molar-refractivity contribution < 1.29 is 8.42 Å². The third-order valence-corrected chi connectivity index (χ3v) is 10.1. The predicted molar refractivity (Wildman–Crippen MR) is 108 cm³/mol. The summed E-state index contributed by atoms with van der Waals surface area (Å²) < 4.78 is 26.3. The number of aliphatic imine (C=N–C) groups is 1. The summed E-state index contributed by atoms with van der Waals surface area (Å²) in [5.74, 6) is -0.0224. The second kappa shape index (κ2) is 5.54. The van der Waals surface area contributed by atoms with Gasteiger partial charge in [0.2, 0.25) is 0 Å². The molecule has 1 unspecified atom stereocenters. The lowest BCUT2D eigenvalue weighted by Crippen LogP contribution is -2.54. The van der Waals surface area contributed by atoms with Crippen molar-refractivity contribution in [1.29, 1.82) is 0 Å². The van der Waals surface area contributed by atoms with E-state index in [2.05, 4.69) is 9.98 Å². The molecule has 4 heterocycles. The van der Waals surface area contributed by atoms with Crippen molar-refractivity contribution in [1.82, 2.24) is 9.38 Å². The average Bonchev–Trinajstić information content (AvgIpc) is 3.18. The quantitative estimate of drug-likeness (QED) is 0.675. The van der Waals surface area contributed by atoms with E-state index >= 15 is 0 Å². The molecule has 3 aromatic rings. The largest absolute Gasteiger partial charge is 0.386 e. The maximum absolute atomic E-state index is 12.8. The molecule has 6 nitrogen and oxygen atoms in total. The Morgan fingerprint density at radius 1 is 1.35 bits per heavy atom. The van der Waals surface area contributed by atoms with Crippen molar-refractivity contribution in [2.45, 2.75) is 31.1 Å². The Morgan fingerprint density at radius 2 is 2.08 bits per heavy atom. The smallest absolute Gasteiger partial charge is 0.194 e. The number of aromatic nitrogens is 2. The molecule has 0 radical (unpaired) electrons. The van der Waals surface area contributed by atoms with E-state index in [0.717, 1.165) is 15.5 Å². The van der Waals surface area contributed by atoms with Gasteiger partial charge in [0.15, 0.2) is 14.8 Å². The van der Waals surface area contributed by atoms with E-state index in [1.54, 1.807) is 32.1 Å². The van der Waals surface area contributed by atoms with E-state index in [4.69, 9.17) is 17.3 Å². The van der Waals surface area contributed by atoms with Gasteiger partial charge < -0.3 is 5.73 Å². The van der Waals surface area contributed by atoms with Crippen LogP contribution in [-0.4, -0.2) is 34.1 Å². The molecule has 2 N–H and O–H groups in total. The zero-order chi connectivity index (χ0) is 18.9. The number of thiophene rings is 1. The standard InChI is InChI=1S/C16H17ClN4O2S3/c1-15(2)13(18)20-16(3,8-26(15,22)23)12-9(17)6-11(25-12)10-7-21-4-5-24-14(21)19-10/h4-7H,8H2,1-3H3,(H2,18,20). The molecule has 4 rings (SSSR count). The first kappa shape index (κ1) is 18.0. The van der Waals surface area contributed by atoms with Crippen molar-refractivity contribution in [3.63, 3.8) is 0 Å². The van der Waals surface area contributed by atoms with E-state index in [1.807, 2.05) is 28.2 Å². The molecule has 1 aliphatic rings. The van der Waals surface area contributed by atoms with Crippen LogP contribution in [-0.2, 0) is 15.4 Å². The molecule has 0 spiro atoms. The molecular formula is C16H17ClN4O2S3. The maximum Gasteiger partial charge on any atom is 0.194 e. The molecule has 1 aliphatic heterocycles. The zero-order valence-electron chi connectivity index (χ0n) is 14.4. The Bertz CT molecular complexity index is 1130. The van der Waals surface area contributed by atoms with Crippen LogP contribution in [0.25, 0.3) is 15.5 Å². The van der Waals surface area contributed by atoms with Crippen LogP contribution in [0, 0.1) is 0 Å². The first-order valence-corrected chi connectivity index (χ1v) is 11.6. The van der Waals surface area contributed by atoms with Crippen LogP contribution in [0.3, 0.4) is 0 Å². The minimum Gasteiger partial charge on any atom is -0.386 e. The molecular weight excluding hydrogens is 412 g/mol. The number of halogens is 1. The fraction of sp³-hybridized carbons (Fsp3) is 0.375. The molecule has 0 aromatic carbocycles. The number of fused-ring (bicyclic) bond motifs is 1. The highest BCUT2D eigenvalue weighted by atomic mass is 35.5. The Hall–Kier alpha value is -1.42. The van der Waals surface area contributed by atoms with E-state index in [0.29, 0.717) is 9.90 Å². The molecule has 0 amide bonds. The maximum atomic E-state index is 12.8. The molecule has 0 saturated heterocycles. The third-order valence-electron chi connectivity index (χ3n) is 4.75. The average molecular weight is 429 g/mol. The van der Waals surface area contributed by atoms with E-state index in [9.17, 15) is 8.42 Å². The molecule has 1 atom stereocenters. The molecule has 26 heavy (non-hydrogen) atoms. The Morgan fingerprint density at radius 3 is 2.73 bits per heavy atom. The number of thiazole rings is 1. The Balaban J connectivity index is 1.82. The number of hydrogen-bond acceptors (Lipinski definition) is 7. The summed E-state index contributed by atoms with van der Waals surface area (Å²) in [5.41, 5.74) is 5.82. The van der Waals surface area contributed by atoms with E-state index in [1.165, 1.54) is 11.3 Å². The number of nitrogens with two attached hydrogens (primary N) is 1. The third kappa shape index (κ3) is 2.52. The van der Waals surface area contributed by atoms with Gasteiger partial charge in [-0.2, -0.15) is 0 Å². The highest BCUT2D eigenvalue weighted by Crippen LogP contribution is 2.45. The normalized spacial score (nSPS) is 24.7. The first-order valence-electron chi connectivity index (χ1n) is 7.84. The van der Waals surface area contributed by atoms with Crippen molar-refractivity contribution in [3.05, 3.63) is 33.7 Å². The predicted octanol–water partition coefficient (Wildman–Crippen LogP) is 3.56. The monoisotopic (exact) mass is 428 g/mol. The highest BCUT2D eigenvalue weighted by Gasteiger charge is 2.49. The minimum atomic E-state index is -3.48. The molecule has 0 bridgehead atoms. The van der Waals surface area contributed by atoms with Gasteiger partial charge in [-0.3, -0.25) is 9.39 Å². The van der Waals surface area contributed by atoms with Crippen LogP contribution in [0.1, 0.15) is 25.6 Å². The Labute approximate surface area is 164 Å². The van der Waals surface area contributed by atoms with Crippen LogP contribution in [0.15, 0.2) is 28.8 Å². The van der Waals surface area contributed by atoms with Gasteiger partial charge >= 0.3 is 0 Å². The zero-order valence-corrected chi connectivity index (χ0v) is 17.6. The Kier molecular flexibility index (Phi) is 3.83. The van der Waals surface area contributed by atoms with Gasteiger partial charge in [-0.1, -0.05) is 11.6 Å². The molecule has 0 saturated carbocycles. The molecule has 0 fully saturated rings. The number of hydrogen-bond donors (Lipinski definition) is 1. The van der Waals surface area contributed by atoms with Crippen LogP contribution >= 0.6 is 34.3 Å². The van der Waals surface area contributed by atoms with Crippen LogP contribution in [0.5, 0.6) is 0 Å². The second-order valence-corrected chi connectivity index (χ2v) is 11.9. The van der Waals surface area contributed by atoms with Crippen molar-refractivity contribution in [2.24, 2.45) is 10.7 Å². The first-order chi connectivity index (χ1) is 12.0. The topological polar surface area (TPSA) is 89.8 Å². The summed E-state index contributed by atoms with van der Waals surface area (Å²) in [5, 5.41) is 2.45. The van der Waals surface area contributed by atoms with Crippen molar-refractivity contribution >= 4 is 54.9 Å². The minimum absolute atomic E-state index is 0.111. The van der Waals surface area contributed by atoms with Crippen LogP contribution in [0.2, 0.25) is 5.02 Å². The summed E-state index contributed by atoms with van der Waals surface area (Å²) >= 11 is 9.43. The number of amidine groups is 1. The van der Waals surface area contributed by atoms with Gasteiger partial charge in [-0.25, -0.2) is 13.4 Å². The van der Waals surface area contributed by atoms with E-state index in [-0.39, 0.29) is 11.6 Å².